The Morgan fingerprint density at radius 2 is 1.72 bits per heavy atom. The third kappa shape index (κ3) is 10.3. The Morgan fingerprint density at radius 3 is 2.36 bits per heavy atom. The standard InChI is InChI=1S/C37H42F3NO8S/c1-3-31(27-12-9-13-29(24-27)41-50(45,46)30-17-15-28(16-18-30)37(38,39)40)34-32(42)25-36(49-35(34)44,21-19-26-10-5-4-6-11-26)20-8-7-14-33(43)48-23-22-47-2/h4-6,9-13,15-18,24,31,41-42H,3,7-8,14,19-23,25H2,1-2H3/t31-,36-/m1/s1. The third-order valence-corrected chi connectivity index (χ3v) is 10.0. The van der Waals surface area contributed by atoms with Crippen molar-refractivity contribution in [3.05, 3.63) is 107 Å². The molecule has 1 aliphatic heterocycles. The molecule has 2 atom stereocenters. The van der Waals surface area contributed by atoms with Crippen LogP contribution in [-0.2, 0) is 46.4 Å². The number of hydrogen-bond donors (Lipinski definition) is 2. The molecule has 0 aromatic heterocycles. The molecule has 13 heteroatoms. The van der Waals surface area contributed by atoms with Crippen molar-refractivity contribution < 1.29 is 50.5 Å². The van der Waals surface area contributed by atoms with Crippen LogP contribution >= 0.6 is 0 Å². The molecule has 0 amide bonds. The number of carbonyl (C=O) groups excluding carboxylic acids is 2. The van der Waals surface area contributed by atoms with Crippen molar-refractivity contribution in [1.29, 1.82) is 0 Å². The van der Waals surface area contributed by atoms with E-state index in [1.807, 2.05) is 37.3 Å². The van der Waals surface area contributed by atoms with Gasteiger partial charge in [0.25, 0.3) is 10.0 Å². The van der Waals surface area contributed by atoms with E-state index in [0.717, 1.165) is 17.7 Å². The second kappa shape index (κ2) is 17.0. The molecular formula is C37H42F3NO8S. The second-order valence-corrected chi connectivity index (χ2v) is 13.9. The fraction of sp³-hybridized carbons (Fsp3) is 0.405. The summed E-state index contributed by atoms with van der Waals surface area (Å²) >= 11 is 0. The SMILES string of the molecule is CC[C@@H](C1=C(O)C[C@@](CCCCC(=O)OCCOC)(CCc2ccccc2)OC1=O)c1cccc(NS(=O)(=O)c2ccc(C(F)(F)F)cc2)c1. The Kier molecular flexibility index (Phi) is 13.1. The van der Waals surface area contributed by atoms with Crippen LogP contribution in [0.3, 0.4) is 0 Å². The van der Waals surface area contributed by atoms with Gasteiger partial charge in [-0.05, 0) is 86.1 Å². The number of alkyl halides is 3. The van der Waals surface area contributed by atoms with Gasteiger partial charge in [-0.15, -0.1) is 0 Å². The predicted molar refractivity (Wildman–Crippen MR) is 181 cm³/mol. The Hall–Kier alpha value is -4.36. The summed E-state index contributed by atoms with van der Waals surface area (Å²) in [6.45, 7) is 2.29. The number of aliphatic hydroxyl groups is 1. The van der Waals surface area contributed by atoms with Crippen molar-refractivity contribution in [2.45, 2.75) is 80.9 Å². The van der Waals surface area contributed by atoms with E-state index < -0.39 is 39.3 Å². The average molecular weight is 718 g/mol. The Bertz CT molecular complexity index is 1740. The van der Waals surface area contributed by atoms with Gasteiger partial charge in [-0.2, -0.15) is 13.2 Å². The quantitative estimate of drug-likeness (QED) is 0.107. The minimum Gasteiger partial charge on any atom is -0.512 e. The van der Waals surface area contributed by atoms with E-state index >= 15 is 0 Å². The van der Waals surface area contributed by atoms with Gasteiger partial charge in [0, 0.05) is 31.6 Å². The first kappa shape index (κ1) is 38.4. The molecule has 2 N–H and O–H groups in total. The number of benzene rings is 3. The van der Waals surface area contributed by atoms with Crippen LogP contribution in [0.4, 0.5) is 18.9 Å². The molecular weight excluding hydrogens is 675 g/mol. The number of sulfonamides is 1. The van der Waals surface area contributed by atoms with Gasteiger partial charge in [-0.25, -0.2) is 13.2 Å². The lowest BCUT2D eigenvalue weighted by atomic mass is 9.79. The summed E-state index contributed by atoms with van der Waals surface area (Å²) in [5, 5.41) is 11.5. The average Bonchev–Trinajstić information content (AvgIpc) is 3.08. The summed E-state index contributed by atoms with van der Waals surface area (Å²) < 4.78 is 83.6. The summed E-state index contributed by atoms with van der Waals surface area (Å²) in [6.07, 6.45) is -1.50. The highest BCUT2D eigenvalue weighted by Crippen LogP contribution is 2.42. The van der Waals surface area contributed by atoms with Gasteiger partial charge in [0.1, 0.15) is 18.0 Å². The lowest BCUT2D eigenvalue weighted by molar-refractivity contribution is -0.161. The Morgan fingerprint density at radius 1 is 1.00 bits per heavy atom. The summed E-state index contributed by atoms with van der Waals surface area (Å²) in [4.78, 5) is 25.5. The number of aliphatic hydroxyl groups excluding tert-OH is 1. The van der Waals surface area contributed by atoms with E-state index in [1.165, 1.54) is 19.2 Å². The normalized spacial score (nSPS) is 17.3. The number of esters is 2. The highest BCUT2D eigenvalue weighted by atomic mass is 32.2. The largest absolute Gasteiger partial charge is 0.512 e. The summed E-state index contributed by atoms with van der Waals surface area (Å²) in [7, 11) is -2.73. The topological polar surface area (TPSA) is 128 Å². The van der Waals surface area contributed by atoms with Crippen molar-refractivity contribution in [3.8, 4) is 0 Å². The molecule has 0 radical (unpaired) electrons. The monoisotopic (exact) mass is 717 g/mol. The number of nitrogens with one attached hydrogen (secondary N) is 1. The van der Waals surface area contributed by atoms with Crippen LogP contribution in [0.1, 0.15) is 74.5 Å². The van der Waals surface area contributed by atoms with Gasteiger partial charge >= 0.3 is 18.1 Å². The first-order chi connectivity index (χ1) is 23.8. The van der Waals surface area contributed by atoms with Crippen LogP contribution in [-0.4, -0.2) is 51.4 Å². The molecule has 0 unspecified atom stereocenters. The Balaban J connectivity index is 1.53. The van der Waals surface area contributed by atoms with Crippen LogP contribution in [0, 0.1) is 0 Å². The van der Waals surface area contributed by atoms with Gasteiger partial charge in [-0.1, -0.05) is 49.4 Å². The summed E-state index contributed by atoms with van der Waals surface area (Å²) in [5.74, 6) is -1.79. The molecule has 1 heterocycles. The molecule has 270 valence electrons. The van der Waals surface area contributed by atoms with Crippen molar-refractivity contribution >= 4 is 27.6 Å². The number of halogens is 3. The number of anilines is 1. The molecule has 0 bridgehead atoms. The van der Waals surface area contributed by atoms with E-state index in [-0.39, 0.29) is 47.3 Å². The maximum Gasteiger partial charge on any atom is 0.416 e. The van der Waals surface area contributed by atoms with Crippen molar-refractivity contribution in [2.75, 3.05) is 25.0 Å². The lowest BCUT2D eigenvalue weighted by Crippen LogP contribution is -2.41. The van der Waals surface area contributed by atoms with Crippen molar-refractivity contribution in [2.24, 2.45) is 0 Å². The number of cyclic esters (lactones) is 1. The molecule has 3 aromatic carbocycles. The molecule has 1 aliphatic rings. The zero-order valence-electron chi connectivity index (χ0n) is 28.0. The fourth-order valence-corrected chi connectivity index (χ4v) is 7.11. The highest BCUT2D eigenvalue weighted by molar-refractivity contribution is 7.92. The molecule has 9 nitrogen and oxygen atoms in total. The fourth-order valence-electron chi connectivity index (χ4n) is 6.06. The molecule has 0 aliphatic carbocycles. The predicted octanol–water partition coefficient (Wildman–Crippen LogP) is 7.88. The van der Waals surface area contributed by atoms with Crippen LogP contribution in [0.2, 0.25) is 0 Å². The number of methoxy groups -OCH3 is 1. The van der Waals surface area contributed by atoms with Crippen molar-refractivity contribution in [3.63, 3.8) is 0 Å². The van der Waals surface area contributed by atoms with Crippen LogP contribution < -0.4 is 4.72 Å². The number of carbonyl (C=O) groups is 2. The molecule has 50 heavy (non-hydrogen) atoms. The molecule has 0 saturated heterocycles. The molecule has 3 aromatic rings. The van der Waals surface area contributed by atoms with E-state index in [4.69, 9.17) is 14.2 Å². The number of rotatable bonds is 17. The van der Waals surface area contributed by atoms with E-state index in [2.05, 4.69) is 4.72 Å². The third-order valence-electron chi connectivity index (χ3n) is 8.65. The molecule has 0 spiro atoms. The summed E-state index contributed by atoms with van der Waals surface area (Å²) in [6, 6.07) is 19.1. The van der Waals surface area contributed by atoms with Gasteiger partial charge in [0.05, 0.1) is 22.6 Å². The smallest absolute Gasteiger partial charge is 0.416 e. The van der Waals surface area contributed by atoms with Crippen LogP contribution in [0.25, 0.3) is 0 Å². The zero-order chi connectivity index (χ0) is 36.4. The molecule has 0 fully saturated rings. The summed E-state index contributed by atoms with van der Waals surface area (Å²) in [5.41, 5.74) is -0.212. The number of aryl methyl sites for hydroxylation is 1. The van der Waals surface area contributed by atoms with Gasteiger partial charge < -0.3 is 19.3 Å². The second-order valence-electron chi connectivity index (χ2n) is 12.2. The van der Waals surface area contributed by atoms with Gasteiger partial charge in [0.15, 0.2) is 0 Å². The number of unbranched alkanes of at least 4 members (excludes halogenated alkanes) is 1. The first-order valence-corrected chi connectivity index (χ1v) is 17.9. The minimum absolute atomic E-state index is 0.0654. The number of hydrogen-bond acceptors (Lipinski definition) is 8. The van der Waals surface area contributed by atoms with Crippen molar-refractivity contribution in [1.82, 2.24) is 0 Å². The lowest BCUT2D eigenvalue weighted by Gasteiger charge is -2.39. The highest BCUT2D eigenvalue weighted by Gasteiger charge is 2.43. The van der Waals surface area contributed by atoms with Crippen LogP contribution in [0.5, 0.6) is 0 Å². The zero-order valence-corrected chi connectivity index (χ0v) is 28.8. The van der Waals surface area contributed by atoms with Crippen LogP contribution in [0.15, 0.2) is 95.1 Å². The molecule has 0 saturated carbocycles. The van der Waals surface area contributed by atoms with Gasteiger partial charge in [0.2, 0.25) is 0 Å². The maximum absolute atomic E-state index is 13.8. The van der Waals surface area contributed by atoms with Gasteiger partial charge in [-0.3, -0.25) is 9.52 Å². The van der Waals surface area contributed by atoms with E-state index in [0.29, 0.717) is 62.8 Å². The first-order valence-electron chi connectivity index (χ1n) is 16.4. The van der Waals surface area contributed by atoms with E-state index in [9.17, 15) is 36.3 Å². The minimum atomic E-state index is -4.61. The van der Waals surface area contributed by atoms with E-state index in [1.54, 1.807) is 12.1 Å². The number of ether oxygens (including phenoxy) is 3. The maximum atomic E-state index is 13.8. The Labute approximate surface area is 290 Å². The molecule has 4 rings (SSSR count).